The number of hydrogen-bond donors (Lipinski definition) is 0. The van der Waals surface area contributed by atoms with Gasteiger partial charge in [0.15, 0.2) is 11.5 Å². The first kappa shape index (κ1) is 22.6. The number of methoxy groups -OCH3 is 2. The standard InChI is InChI=1S/C24H23FN2O5S/c1-31-22-12-11-18(15-23(22)32-2)33(29,30)27(21-10-6-4-8-19(21)25)16-24(28)26-14-13-17-7-3-5-9-20(17)26/h3-12,15H,13-14,16H2,1-2H3. The fourth-order valence-corrected chi connectivity index (χ4v) is 5.30. The largest absolute Gasteiger partial charge is 0.493 e. The molecule has 0 bridgehead atoms. The zero-order chi connectivity index (χ0) is 23.6. The normalized spacial score (nSPS) is 12.9. The third-order valence-electron chi connectivity index (χ3n) is 5.53. The molecule has 3 aromatic carbocycles. The first-order valence-electron chi connectivity index (χ1n) is 10.2. The van der Waals surface area contributed by atoms with Crippen LogP contribution in [0.4, 0.5) is 15.8 Å². The fourth-order valence-electron chi connectivity index (χ4n) is 3.86. The molecule has 172 valence electrons. The van der Waals surface area contributed by atoms with Gasteiger partial charge < -0.3 is 14.4 Å². The second-order valence-electron chi connectivity index (χ2n) is 7.40. The van der Waals surface area contributed by atoms with Crippen molar-refractivity contribution < 1.29 is 27.1 Å². The van der Waals surface area contributed by atoms with Gasteiger partial charge in [-0.15, -0.1) is 0 Å². The van der Waals surface area contributed by atoms with E-state index in [2.05, 4.69) is 0 Å². The van der Waals surface area contributed by atoms with Crippen molar-refractivity contribution in [2.75, 3.05) is 36.5 Å². The molecular weight excluding hydrogens is 447 g/mol. The van der Waals surface area contributed by atoms with Gasteiger partial charge in [-0.2, -0.15) is 0 Å². The van der Waals surface area contributed by atoms with E-state index < -0.39 is 28.3 Å². The van der Waals surface area contributed by atoms with Crippen molar-refractivity contribution >= 4 is 27.3 Å². The molecular formula is C24H23FN2O5S. The quantitative estimate of drug-likeness (QED) is 0.527. The number of anilines is 2. The minimum Gasteiger partial charge on any atom is -0.493 e. The van der Waals surface area contributed by atoms with Crippen molar-refractivity contribution in [3.05, 3.63) is 78.1 Å². The van der Waals surface area contributed by atoms with Crippen LogP contribution in [0.15, 0.2) is 71.6 Å². The summed E-state index contributed by atoms with van der Waals surface area (Å²) < 4.78 is 53.2. The highest BCUT2D eigenvalue weighted by molar-refractivity contribution is 7.92. The Labute approximate surface area is 192 Å². The Bertz CT molecular complexity index is 1300. The number of fused-ring (bicyclic) bond motifs is 1. The summed E-state index contributed by atoms with van der Waals surface area (Å²) in [5, 5.41) is 0. The lowest BCUT2D eigenvalue weighted by atomic mass is 10.2. The van der Waals surface area contributed by atoms with E-state index in [0.29, 0.717) is 18.7 Å². The number of benzene rings is 3. The van der Waals surface area contributed by atoms with Crippen LogP contribution in [-0.4, -0.2) is 41.6 Å². The van der Waals surface area contributed by atoms with Crippen LogP contribution in [-0.2, 0) is 21.2 Å². The van der Waals surface area contributed by atoms with Crippen LogP contribution in [0, 0.1) is 5.82 Å². The Balaban J connectivity index is 1.75. The summed E-state index contributed by atoms with van der Waals surface area (Å²) in [6, 6.07) is 17.0. The van der Waals surface area contributed by atoms with Crippen molar-refractivity contribution in [3.63, 3.8) is 0 Å². The van der Waals surface area contributed by atoms with E-state index in [1.807, 2.05) is 24.3 Å². The van der Waals surface area contributed by atoms with Gasteiger partial charge >= 0.3 is 0 Å². The van der Waals surface area contributed by atoms with Gasteiger partial charge in [-0.3, -0.25) is 9.10 Å². The summed E-state index contributed by atoms with van der Waals surface area (Å²) in [4.78, 5) is 14.6. The summed E-state index contributed by atoms with van der Waals surface area (Å²) in [6.07, 6.45) is 0.671. The van der Waals surface area contributed by atoms with E-state index in [1.165, 1.54) is 55.5 Å². The first-order chi connectivity index (χ1) is 15.9. The minimum absolute atomic E-state index is 0.155. The molecule has 33 heavy (non-hydrogen) atoms. The van der Waals surface area contributed by atoms with E-state index in [9.17, 15) is 17.6 Å². The molecule has 0 unspecified atom stereocenters. The van der Waals surface area contributed by atoms with Crippen LogP contribution in [0.3, 0.4) is 0 Å². The predicted molar refractivity (Wildman–Crippen MR) is 123 cm³/mol. The van der Waals surface area contributed by atoms with E-state index in [1.54, 1.807) is 0 Å². The molecule has 0 radical (unpaired) electrons. The highest BCUT2D eigenvalue weighted by atomic mass is 32.2. The monoisotopic (exact) mass is 470 g/mol. The van der Waals surface area contributed by atoms with Crippen LogP contribution in [0.1, 0.15) is 5.56 Å². The fraction of sp³-hybridized carbons (Fsp3) is 0.208. The number of para-hydroxylation sites is 2. The van der Waals surface area contributed by atoms with E-state index >= 15 is 0 Å². The Morgan fingerprint density at radius 2 is 1.70 bits per heavy atom. The molecule has 0 spiro atoms. The van der Waals surface area contributed by atoms with Crippen LogP contribution < -0.4 is 18.7 Å². The van der Waals surface area contributed by atoms with Crippen molar-refractivity contribution in [1.82, 2.24) is 0 Å². The summed E-state index contributed by atoms with van der Waals surface area (Å²) in [6.45, 7) is -0.133. The van der Waals surface area contributed by atoms with Gasteiger partial charge in [-0.25, -0.2) is 12.8 Å². The lowest BCUT2D eigenvalue weighted by Crippen LogP contribution is -2.43. The lowest BCUT2D eigenvalue weighted by molar-refractivity contribution is -0.117. The number of nitrogens with zero attached hydrogens (tertiary/aromatic N) is 2. The van der Waals surface area contributed by atoms with Crippen molar-refractivity contribution in [3.8, 4) is 11.5 Å². The number of hydrogen-bond acceptors (Lipinski definition) is 5. The van der Waals surface area contributed by atoms with Gasteiger partial charge in [0.1, 0.15) is 12.4 Å². The number of ether oxygens (including phenoxy) is 2. The average Bonchev–Trinajstić information content (AvgIpc) is 3.26. The second-order valence-corrected chi connectivity index (χ2v) is 9.27. The van der Waals surface area contributed by atoms with Gasteiger partial charge in [0, 0.05) is 18.3 Å². The number of carbonyl (C=O) groups excluding carboxylic acids is 1. The minimum atomic E-state index is -4.33. The molecule has 1 amide bonds. The maximum atomic E-state index is 14.7. The Morgan fingerprint density at radius 1 is 1.00 bits per heavy atom. The zero-order valence-corrected chi connectivity index (χ0v) is 19.0. The van der Waals surface area contributed by atoms with Crippen LogP contribution in [0.25, 0.3) is 0 Å². The smallest absolute Gasteiger partial charge is 0.265 e. The van der Waals surface area contributed by atoms with E-state index in [4.69, 9.17) is 9.47 Å². The third-order valence-corrected chi connectivity index (χ3v) is 7.29. The average molecular weight is 471 g/mol. The van der Waals surface area contributed by atoms with Crippen molar-refractivity contribution in [2.24, 2.45) is 0 Å². The summed E-state index contributed by atoms with van der Waals surface area (Å²) in [7, 11) is -1.51. The molecule has 1 heterocycles. The van der Waals surface area contributed by atoms with Crippen LogP contribution in [0.2, 0.25) is 0 Å². The molecule has 3 aromatic rings. The Morgan fingerprint density at radius 3 is 2.42 bits per heavy atom. The maximum Gasteiger partial charge on any atom is 0.265 e. The first-order valence-corrected chi connectivity index (χ1v) is 11.7. The topological polar surface area (TPSA) is 76.2 Å². The number of amides is 1. The molecule has 0 N–H and O–H groups in total. The van der Waals surface area contributed by atoms with Gasteiger partial charge in [-0.1, -0.05) is 30.3 Å². The predicted octanol–water partition coefficient (Wildman–Crippen LogP) is 3.63. The lowest BCUT2D eigenvalue weighted by Gasteiger charge is -2.27. The third kappa shape index (κ3) is 4.23. The maximum absolute atomic E-state index is 14.7. The van der Waals surface area contributed by atoms with Gasteiger partial charge in [0.05, 0.1) is 24.8 Å². The van der Waals surface area contributed by atoms with E-state index in [0.717, 1.165) is 21.6 Å². The second kappa shape index (κ2) is 9.11. The molecule has 7 nitrogen and oxygen atoms in total. The molecule has 0 saturated carbocycles. The molecule has 1 aliphatic heterocycles. The highest BCUT2D eigenvalue weighted by Crippen LogP contribution is 2.34. The zero-order valence-electron chi connectivity index (χ0n) is 18.2. The highest BCUT2D eigenvalue weighted by Gasteiger charge is 2.33. The molecule has 0 atom stereocenters. The summed E-state index contributed by atoms with van der Waals surface area (Å²) >= 11 is 0. The summed E-state index contributed by atoms with van der Waals surface area (Å²) in [5.74, 6) is -0.658. The molecule has 4 rings (SSSR count). The molecule has 1 aliphatic rings. The van der Waals surface area contributed by atoms with Gasteiger partial charge in [0.25, 0.3) is 10.0 Å². The molecule has 0 saturated heterocycles. The number of carbonyl (C=O) groups is 1. The molecule has 0 aliphatic carbocycles. The Kier molecular flexibility index (Phi) is 6.24. The number of sulfonamides is 1. The molecule has 0 fully saturated rings. The SMILES string of the molecule is COc1ccc(S(=O)(=O)N(CC(=O)N2CCc3ccccc32)c2ccccc2F)cc1OC. The van der Waals surface area contributed by atoms with Gasteiger partial charge in [-0.05, 0) is 42.3 Å². The van der Waals surface area contributed by atoms with Gasteiger partial charge in [0.2, 0.25) is 5.91 Å². The number of rotatable bonds is 7. The van der Waals surface area contributed by atoms with Crippen molar-refractivity contribution in [1.29, 1.82) is 0 Å². The van der Waals surface area contributed by atoms with Crippen LogP contribution >= 0.6 is 0 Å². The van der Waals surface area contributed by atoms with E-state index in [-0.39, 0.29) is 16.3 Å². The molecule has 0 aromatic heterocycles. The number of halogens is 1. The molecule has 9 heteroatoms. The van der Waals surface area contributed by atoms with Crippen LogP contribution in [0.5, 0.6) is 11.5 Å². The summed E-state index contributed by atoms with van der Waals surface area (Å²) in [5.41, 5.74) is 1.53. The Hall–Kier alpha value is -3.59. The van der Waals surface area contributed by atoms with Crippen molar-refractivity contribution in [2.45, 2.75) is 11.3 Å².